The summed E-state index contributed by atoms with van der Waals surface area (Å²) in [7, 11) is 0. The maximum absolute atomic E-state index is 6.23. The number of benzene rings is 2. The number of thiophene rings is 1. The van der Waals surface area contributed by atoms with Gasteiger partial charge in [-0.25, -0.2) is 0 Å². The third kappa shape index (κ3) is 1.88. The minimum Gasteiger partial charge on any atom is -0.397 e. The van der Waals surface area contributed by atoms with E-state index in [1.54, 1.807) is 23.1 Å². The number of fused-ring (bicyclic) bond motifs is 3. The summed E-state index contributed by atoms with van der Waals surface area (Å²) in [6.45, 7) is 0. The molecule has 0 spiro atoms. The number of hydrogen-bond acceptors (Lipinski definition) is 3. The zero-order chi connectivity index (χ0) is 11.1. The highest BCUT2D eigenvalue weighted by atomic mass is 35.5. The average molecular weight is 282 g/mol. The van der Waals surface area contributed by atoms with Crippen LogP contribution < -0.4 is 5.73 Å². The zero-order valence-electron chi connectivity index (χ0n) is 9.27. The van der Waals surface area contributed by atoms with Crippen LogP contribution >= 0.6 is 35.5 Å². The van der Waals surface area contributed by atoms with Crippen LogP contribution in [0.2, 0.25) is 0 Å². The van der Waals surface area contributed by atoms with Crippen molar-refractivity contribution in [2.45, 2.75) is 4.90 Å². The second-order valence-electron chi connectivity index (χ2n) is 3.65. The number of halogens is 1. The Morgan fingerprint density at radius 1 is 1.06 bits per heavy atom. The van der Waals surface area contributed by atoms with Crippen LogP contribution in [0.3, 0.4) is 0 Å². The summed E-state index contributed by atoms with van der Waals surface area (Å²) in [5.41, 5.74) is 7.14. The van der Waals surface area contributed by atoms with Crippen molar-refractivity contribution < 1.29 is 0 Å². The number of nitrogens with two attached hydrogens (primary N) is 1. The Hall–Kier alpha value is -0.900. The lowest BCUT2D eigenvalue weighted by Crippen LogP contribution is -1.88. The van der Waals surface area contributed by atoms with Crippen molar-refractivity contribution in [1.29, 1.82) is 0 Å². The third-order valence-electron chi connectivity index (χ3n) is 2.76. The third-order valence-corrected chi connectivity index (χ3v) is 4.70. The van der Waals surface area contributed by atoms with Gasteiger partial charge in [-0.3, -0.25) is 0 Å². The van der Waals surface area contributed by atoms with E-state index in [4.69, 9.17) is 5.73 Å². The number of anilines is 1. The fraction of sp³-hybridized carbons (Fsp3) is 0.0769. The summed E-state index contributed by atoms with van der Waals surface area (Å²) in [5.74, 6) is 0. The number of hydrogen-bond donors (Lipinski definition) is 1. The Balaban J connectivity index is 0.00000108. The van der Waals surface area contributed by atoms with E-state index in [0.29, 0.717) is 0 Å². The molecule has 3 rings (SSSR count). The lowest BCUT2D eigenvalue weighted by atomic mass is 10.1. The highest BCUT2D eigenvalue weighted by molar-refractivity contribution is 7.98. The number of nitrogen functional groups attached to an aromatic ring is 1. The molecule has 0 saturated heterocycles. The van der Waals surface area contributed by atoms with Gasteiger partial charge in [0.05, 0.1) is 5.69 Å². The first-order valence-corrected chi connectivity index (χ1v) is 7.09. The molecule has 1 heterocycles. The van der Waals surface area contributed by atoms with Crippen LogP contribution in [0.4, 0.5) is 5.69 Å². The van der Waals surface area contributed by atoms with Crippen LogP contribution in [0, 0.1) is 0 Å². The highest BCUT2D eigenvalue weighted by Crippen LogP contribution is 2.40. The standard InChI is InChI=1S/C13H11NS2.ClH/c1-15-11-7-6-10-12(13(11)14)8-4-2-3-5-9(8)16-10;/h2-7H,14H2,1H3;1H. The Kier molecular flexibility index (Phi) is 3.52. The Labute approximate surface area is 114 Å². The van der Waals surface area contributed by atoms with Crippen molar-refractivity contribution in [2.75, 3.05) is 12.0 Å². The van der Waals surface area contributed by atoms with Gasteiger partial charge in [0.1, 0.15) is 0 Å². The molecule has 2 N–H and O–H groups in total. The molecule has 17 heavy (non-hydrogen) atoms. The van der Waals surface area contributed by atoms with Crippen molar-refractivity contribution >= 4 is 61.4 Å². The molecule has 0 amide bonds. The summed E-state index contributed by atoms with van der Waals surface area (Å²) >= 11 is 3.51. The predicted octanol–water partition coefficient (Wildman–Crippen LogP) is 4.78. The van der Waals surface area contributed by atoms with Crippen molar-refractivity contribution in [3.8, 4) is 0 Å². The molecule has 0 bridgehead atoms. The molecule has 88 valence electrons. The van der Waals surface area contributed by atoms with Crippen LogP contribution in [-0.4, -0.2) is 6.26 Å². The van der Waals surface area contributed by atoms with Crippen LogP contribution in [0.15, 0.2) is 41.3 Å². The van der Waals surface area contributed by atoms with E-state index in [2.05, 4.69) is 42.7 Å². The topological polar surface area (TPSA) is 26.0 Å². The Morgan fingerprint density at radius 2 is 1.82 bits per heavy atom. The van der Waals surface area contributed by atoms with Crippen molar-refractivity contribution in [1.82, 2.24) is 0 Å². The number of rotatable bonds is 1. The SMILES string of the molecule is CSc1ccc2sc3ccccc3c2c1N.Cl. The van der Waals surface area contributed by atoms with Gasteiger partial charge in [-0.1, -0.05) is 18.2 Å². The predicted molar refractivity (Wildman–Crippen MR) is 82.8 cm³/mol. The molecule has 1 aromatic heterocycles. The Morgan fingerprint density at radius 3 is 2.59 bits per heavy atom. The summed E-state index contributed by atoms with van der Waals surface area (Å²) in [4.78, 5) is 1.16. The van der Waals surface area contributed by atoms with Gasteiger partial charge in [0.15, 0.2) is 0 Å². The number of thioether (sulfide) groups is 1. The van der Waals surface area contributed by atoms with Crippen LogP contribution in [0.25, 0.3) is 20.2 Å². The van der Waals surface area contributed by atoms with Crippen LogP contribution in [0.1, 0.15) is 0 Å². The van der Waals surface area contributed by atoms with Crippen molar-refractivity contribution in [3.05, 3.63) is 36.4 Å². The van der Waals surface area contributed by atoms with Crippen LogP contribution in [-0.2, 0) is 0 Å². The fourth-order valence-electron chi connectivity index (χ4n) is 2.00. The summed E-state index contributed by atoms with van der Waals surface area (Å²) in [6.07, 6.45) is 2.06. The lowest BCUT2D eigenvalue weighted by molar-refractivity contribution is 1.52. The molecule has 0 aliphatic carbocycles. The van der Waals surface area contributed by atoms with Gasteiger partial charge in [0, 0.05) is 25.1 Å². The maximum atomic E-state index is 6.23. The van der Waals surface area contributed by atoms with Gasteiger partial charge >= 0.3 is 0 Å². The molecular formula is C13H12ClNS2. The molecular weight excluding hydrogens is 270 g/mol. The lowest BCUT2D eigenvalue weighted by Gasteiger charge is -2.03. The van der Waals surface area contributed by atoms with E-state index in [1.807, 2.05) is 0 Å². The normalized spacial score (nSPS) is 10.6. The largest absolute Gasteiger partial charge is 0.397 e. The smallest absolute Gasteiger partial charge is 0.0546 e. The van der Waals surface area contributed by atoms with E-state index >= 15 is 0 Å². The molecule has 0 unspecified atom stereocenters. The van der Waals surface area contributed by atoms with Gasteiger partial charge < -0.3 is 5.73 Å². The Bertz CT molecular complexity index is 676. The molecule has 1 nitrogen and oxygen atoms in total. The molecule has 0 fully saturated rings. The van der Waals surface area contributed by atoms with Gasteiger partial charge in [-0.15, -0.1) is 35.5 Å². The summed E-state index contributed by atoms with van der Waals surface area (Å²) in [6, 6.07) is 12.7. The molecule has 4 heteroatoms. The highest BCUT2D eigenvalue weighted by Gasteiger charge is 2.09. The molecule has 0 saturated carbocycles. The zero-order valence-corrected chi connectivity index (χ0v) is 11.7. The van der Waals surface area contributed by atoms with E-state index in [9.17, 15) is 0 Å². The molecule has 0 radical (unpaired) electrons. The van der Waals surface area contributed by atoms with E-state index in [0.717, 1.165) is 10.6 Å². The monoisotopic (exact) mass is 281 g/mol. The quantitative estimate of drug-likeness (QED) is 0.513. The van der Waals surface area contributed by atoms with Gasteiger partial charge in [-0.2, -0.15) is 0 Å². The van der Waals surface area contributed by atoms with Crippen LogP contribution in [0.5, 0.6) is 0 Å². The van der Waals surface area contributed by atoms with E-state index in [-0.39, 0.29) is 12.4 Å². The first kappa shape index (κ1) is 12.6. The minimum atomic E-state index is 0. The first-order valence-electron chi connectivity index (χ1n) is 5.05. The van der Waals surface area contributed by atoms with E-state index in [1.165, 1.54) is 20.2 Å². The second kappa shape index (κ2) is 4.77. The van der Waals surface area contributed by atoms with Gasteiger partial charge in [0.2, 0.25) is 0 Å². The first-order chi connectivity index (χ1) is 7.81. The molecule has 0 atom stereocenters. The molecule has 3 aromatic rings. The summed E-state index contributed by atoms with van der Waals surface area (Å²) in [5, 5.41) is 2.49. The van der Waals surface area contributed by atoms with E-state index < -0.39 is 0 Å². The fourth-order valence-corrected chi connectivity index (χ4v) is 3.65. The molecule has 2 aromatic carbocycles. The van der Waals surface area contributed by atoms with Crippen molar-refractivity contribution in [3.63, 3.8) is 0 Å². The average Bonchev–Trinajstić information content (AvgIpc) is 2.68. The second-order valence-corrected chi connectivity index (χ2v) is 5.58. The molecule has 0 aliphatic heterocycles. The molecule has 0 aliphatic rings. The van der Waals surface area contributed by atoms with Gasteiger partial charge in [-0.05, 0) is 24.5 Å². The maximum Gasteiger partial charge on any atom is 0.0546 e. The minimum absolute atomic E-state index is 0. The van der Waals surface area contributed by atoms with Crippen molar-refractivity contribution in [2.24, 2.45) is 0 Å². The van der Waals surface area contributed by atoms with Gasteiger partial charge in [0.25, 0.3) is 0 Å². The summed E-state index contributed by atoms with van der Waals surface area (Å²) < 4.78 is 2.58.